The Morgan fingerprint density at radius 2 is 1.94 bits per heavy atom. The molecule has 11 heteroatoms. The molecule has 0 aliphatic carbocycles. The molecule has 0 radical (unpaired) electrons. The molecular formula is C22H22N8O3. The summed E-state index contributed by atoms with van der Waals surface area (Å²) in [6.45, 7) is 4.63. The van der Waals surface area contributed by atoms with Crippen LogP contribution in [0.15, 0.2) is 58.3 Å². The van der Waals surface area contributed by atoms with Gasteiger partial charge >= 0.3 is 0 Å². The van der Waals surface area contributed by atoms with Crippen molar-refractivity contribution in [2.45, 2.75) is 20.3 Å². The third kappa shape index (κ3) is 4.87. The van der Waals surface area contributed by atoms with E-state index in [1.807, 2.05) is 38.1 Å². The van der Waals surface area contributed by atoms with E-state index < -0.39 is 5.91 Å². The average molecular weight is 446 g/mol. The summed E-state index contributed by atoms with van der Waals surface area (Å²) in [6, 6.07) is 14.9. The molecule has 2 aromatic carbocycles. The maximum absolute atomic E-state index is 12.9. The van der Waals surface area contributed by atoms with E-state index in [-0.39, 0.29) is 17.3 Å². The minimum absolute atomic E-state index is 0.00778. The standard InChI is InChI=1S/C22H22N8O3/c1-3-12-32-17-10-8-16(9-11-17)19-18(25-29-30(19)21-20(23)27-33-28-21)22(31)26-24-13-15-6-4-14(2)5-7-15/h4-11,13H,3,12H2,1-2H3,(H2,23,27)(H,26,31)/b24-13-. The number of aryl methyl sites for hydroxylation is 1. The number of hydrogen-bond acceptors (Lipinski definition) is 9. The quantitative estimate of drug-likeness (QED) is 0.310. The second-order valence-corrected chi connectivity index (χ2v) is 7.15. The van der Waals surface area contributed by atoms with Crippen LogP contribution in [0.2, 0.25) is 0 Å². The first kappa shape index (κ1) is 21.7. The zero-order valence-corrected chi connectivity index (χ0v) is 18.1. The van der Waals surface area contributed by atoms with Gasteiger partial charge in [0.2, 0.25) is 11.6 Å². The first-order valence-electron chi connectivity index (χ1n) is 10.2. The first-order chi connectivity index (χ1) is 16.1. The van der Waals surface area contributed by atoms with E-state index in [1.165, 1.54) is 4.68 Å². The van der Waals surface area contributed by atoms with Gasteiger partial charge in [0, 0.05) is 5.56 Å². The van der Waals surface area contributed by atoms with Gasteiger partial charge in [0.25, 0.3) is 5.91 Å². The maximum Gasteiger partial charge on any atom is 0.294 e. The summed E-state index contributed by atoms with van der Waals surface area (Å²) in [4.78, 5) is 12.9. The fraction of sp³-hybridized carbons (Fsp3) is 0.182. The molecule has 1 amide bonds. The van der Waals surface area contributed by atoms with Crippen molar-refractivity contribution in [1.29, 1.82) is 0 Å². The highest BCUT2D eigenvalue weighted by molar-refractivity contribution is 5.98. The number of rotatable bonds is 8. The van der Waals surface area contributed by atoms with Gasteiger partial charge < -0.3 is 10.5 Å². The number of hydrogen-bond donors (Lipinski definition) is 2. The summed E-state index contributed by atoms with van der Waals surface area (Å²) in [7, 11) is 0. The SMILES string of the molecule is CCCOc1ccc(-c2c(C(=O)N/N=C\c3ccc(C)cc3)nnn2-c2nonc2N)cc1. The third-order valence-electron chi connectivity index (χ3n) is 4.64. The molecule has 0 saturated heterocycles. The van der Waals surface area contributed by atoms with E-state index in [0.717, 1.165) is 17.5 Å². The molecule has 0 aliphatic rings. The van der Waals surface area contributed by atoms with Crippen LogP contribution < -0.4 is 15.9 Å². The summed E-state index contributed by atoms with van der Waals surface area (Å²) in [5.41, 5.74) is 11.3. The molecule has 0 spiro atoms. The molecule has 2 heterocycles. The van der Waals surface area contributed by atoms with Crippen molar-refractivity contribution in [3.63, 3.8) is 0 Å². The molecule has 4 aromatic rings. The molecule has 2 aromatic heterocycles. The molecule has 0 unspecified atom stereocenters. The lowest BCUT2D eigenvalue weighted by Crippen LogP contribution is -2.19. The smallest absolute Gasteiger partial charge is 0.294 e. The number of benzene rings is 2. The highest BCUT2D eigenvalue weighted by Gasteiger charge is 2.25. The van der Waals surface area contributed by atoms with Crippen molar-refractivity contribution in [2.75, 3.05) is 12.3 Å². The molecule has 0 aliphatic heterocycles. The number of hydrazone groups is 1. The Hall–Kier alpha value is -4.54. The fourth-order valence-electron chi connectivity index (χ4n) is 2.98. The molecule has 4 rings (SSSR count). The van der Waals surface area contributed by atoms with Gasteiger partial charge in [-0.25, -0.2) is 10.1 Å². The number of amides is 1. The van der Waals surface area contributed by atoms with Gasteiger partial charge in [-0.1, -0.05) is 42.0 Å². The zero-order valence-electron chi connectivity index (χ0n) is 18.1. The van der Waals surface area contributed by atoms with Gasteiger partial charge in [-0.3, -0.25) is 4.79 Å². The molecule has 0 fully saturated rings. The van der Waals surface area contributed by atoms with E-state index in [1.54, 1.807) is 30.5 Å². The lowest BCUT2D eigenvalue weighted by atomic mass is 10.1. The van der Waals surface area contributed by atoms with Crippen molar-refractivity contribution < 1.29 is 14.2 Å². The first-order valence-corrected chi connectivity index (χ1v) is 10.2. The number of carbonyl (C=O) groups excluding carboxylic acids is 1. The van der Waals surface area contributed by atoms with Gasteiger partial charge in [0.1, 0.15) is 11.4 Å². The number of nitrogen functional groups attached to an aromatic ring is 1. The van der Waals surface area contributed by atoms with Gasteiger partial charge in [-0.15, -0.1) is 5.10 Å². The van der Waals surface area contributed by atoms with E-state index in [9.17, 15) is 4.79 Å². The van der Waals surface area contributed by atoms with E-state index in [2.05, 4.69) is 35.8 Å². The van der Waals surface area contributed by atoms with Gasteiger partial charge in [0.15, 0.2) is 5.69 Å². The van der Waals surface area contributed by atoms with Crippen LogP contribution in [0.25, 0.3) is 17.1 Å². The van der Waals surface area contributed by atoms with Crippen LogP contribution >= 0.6 is 0 Å². The maximum atomic E-state index is 12.9. The Bertz CT molecular complexity index is 1260. The number of anilines is 1. The molecule has 0 saturated carbocycles. The predicted molar refractivity (Wildman–Crippen MR) is 121 cm³/mol. The lowest BCUT2D eigenvalue weighted by Gasteiger charge is -2.08. The van der Waals surface area contributed by atoms with Crippen LogP contribution in [0.5, 0.6) is 5.75 Å². The Morgan fingerprint density at radius 1 is 1.18 bits per heavy atom. The largest absolute Gasteiger partial charge is 0.494 e. The second-order valence-electron chi connectivity index (χ2n) is 7.15. The highest BCUT2D eigenvalue weighted by atomic mass is 16.6. The van der Waals surface area contributed by atoms with Gasteiger partial charge in [0.05, 0.1) is 12.8 Å². The number of nitrogens with zero attached hydrogens (tertiary/aromatic N) is 6. The highest BCUT2D eigenvalue weighted by Crippen LogP contribution is 2.28. The Labute approximate surface area is 189 Å². The molecule has 33 heavy (non-hydrogen) atoms. The van der Waals surface area contributed by atoms with E-state index >= 15 is 0 Å². The Kier molecular flexibility index (Phi) is 6.39. The lowest BCUT2D eigenvalue weighted by molar-refractivity contribution is 0.0950. The fourth-order valence-corrected chi connectivity index (χ4v) is 2.98. The van der Waals surface area contributed by atoms with E-state index in [4.69, 9.17) is 10.5 Å². The molecular weight excluding hydrogens is 424 g/mol. The number of ether oxygens (including phenoxy) is 1. The van der Waals surface area contributed by atoms with Crippen LogP contribution in [0.1, 0.15) is 35.0 Å². The van der Waals surface area contributed by atoms with Crippen LogP contribution in [0.4, 0.5) is 5.82 Å². The predicted octanol–water partition coefficient (Wildman–Crippen LogP) is 2.76. The Morgan fingerprint density at radius 3 is 2.61 bits per heavy atom. The summed E-state index contributed by atoms with van der Waals surface area (Å²) >= 11 is 0. The van der Waals surface area contributed by atoms with E-state index in [0.29, 0.717) is 23.6 Å². The van der Waals surface area contributed by atoms with Crippen molar-refractivity contribution in [2.24, 2.45) is 5.10 Å². The third-order valence-corrected chi connectivity index (χ3v) is 4.64. The van der Waals surface area contributed by atoms with Crippen molar-refractivity contribution in [3.05, 3.63) is 65.4 Å². The molecule has 168 valence electrons. The monoisotopic (exact) mass is 446 g/mol. The average Bonchev–Trinajstić information content (AvgIpc) is 3.45. The zero-order chi connectivity index (χ0) is 23.2. The van der Waals surface area contributed by atoms with Crippen molar-refractivity contribution >= 4 is 17.9 Å². The molecule has 0 bridgehead atoms. The number of aromatic nitrogens is 5. The van der Waals surface area contributed by atoms with Crippen LogP contribution in [0.3, 0.4) is 0 Å². The minimum Gasteiger partial charge on any atom is -0.494 e. The van der Waals surface area contributed by atoms with Crippen LogP contribution in [-0.4, -0.2) is 44.0 Å². The topological polar surface area (TPSA) is 146 Å². The van der Waals surface area contributed by atoms with Crippen molar-refractivity contribution in [3.8, 4) is 22.8 Å². The summed E-state index contributed by atoms with van der Waals surface area (Å²) in [5.74, 6) is 0.274. The molecule has 3 N–H and O–H groups in total. The minimum atomic E-state index is -0.555. The summed E-state index contributed by atoms with van der Waals surface area (Å²) in [6.07, 6.45) is 2.44. The normalized spacial score (nSPS) is 11.1. The van der Waals surface area contributed by atoms with Crippen LogP contribution in [0, 0.1) is 6.92 Å². The number of nitrogens with one attached hydrogen (secondary N) is 1. The Balaban J connectivity index is 1.65. The van der Waals surface area contributed by atoms with Crippen LogP contribution in [-0.2, 0) is 0 Å². The molecule has 0 atom stereocenters. The molecule has 11 nitrogen and oxygen atoms in total. The summed E-state index contributed by atoms with van der Waals surface area (Å²) in [5, 5.41) is 19.5. The van der Waals surface area contributed by atoms with Crippen molar-refractivity contribution in [1.82, 2.24) is 30.7 Å². The summed E-state index contributed by atoms with van der Waals surface area (Å²) < 4.78 is 11.6. The van der Waals surface area contributed by atoms with Gasteiger partial charge in [-0.05, 0) is 53.5 Å². The second kappa shape index (κ2) is 9.73. The number of nitrogens with two attached hydrogens (primary N) is 1. The number of carbonyl (C=O) groups is 1. The van der Waals surface area contributed by atoms with Gasteiger partial charge in [-0.2, -0.15) is 9.78 Å².